The van der Waals surface area contributed by atoms with Crippen molar-refractivity contribution < 1.29 is 5.11 Å². The number of aliphatic hydroxyl groups is 1. The van der Waals surface area contributed by atoms with Crippen LogP contribution in [-0.2, 0) is 0 Å². The Morgan fingerprint density at radius 2 is 2.00 bits per heavy atom. The molecule has 3 rings (SSSR count). The third-order valence-electron chi connectivity index (χ3n) is 5.23. The summed E-state index contributed by atoms with van der Waals surface area (Å²) >= 11 is 0. The van der Waals surface area contributed by atoms with Crippen LogP contribution in [0.1, 0.15) is 31.7 Å². The lowest BCUT2D eigenvalue weighted by molar-refractivity contribution is 0.155. The zero-order chi connectivity index (χ0) is 20.1. The van der Waals surface area contributed by atoms with Gasteiger partial charge in [0.15, 0.2) is 0 Å². The summed E-state index contributed by atoms with van der Waals surface area (Å²) in [4.78, 5) is 18.6. The normalized spacial score (nSPS) is 17.6. The molecule has 0 aromatic carbocycles. The number of piperazine rings is 1. The summed E-state index contributed by atoms with van der Waals surface area (Å²) in [6.07, 6.45) is 4.84. The van der Waals surface area contributed by atoms with Gasteiger partial charge in [0.1, 0.15) is 0 Å². The van der Waals surface area contributed by atoms with Crippen LogP contribution in [0, 0.1) is 13.8 Å². The highest BCUT2D eigenvalue weighted by Crippen LogP contribution is 2.23. The number of rotatable bonds is 6. The van der Waals surface area contributed by atoms with Crippen molar-refractivity contribution in [2.45, 2.75) is 40.2 Å². The summed E-state index contributed by atoms with van der Waals surface area (Å²) in [5.74, 6) is 0.752. The molecule has 1 aliphatic heterocycles. The van der Waals surface area contributed by atoms with E-state index >= 15 is 0 Å². The maximum Gasteiger partial charge on any atom is 0.225 e. The number of hydrogen-bond acceptors (Lipinski definition) is 6. The Morgan fingerprint density at radius 3 is 2.71 bits per heavy atom. The van der Waals surface area contributed by atoms with E-state index < -0.39 is 0 Å². The monoisotopic (exact) mass is 381 g/mol. The van der Waals surface area contributed by atoms with Crippen LogP contribution in [0.2, 0.25) is 0 Å². The standard InChI is InChI=1S/C22H31N5O/c1-16(2)8-11-26-12-13-27(15-19(26)9-14-28)22-23-10-7-21(25-22)20-6-5-17(3)24-18(20)4/h5-8,10,19,28H,9,11-15H2,1-4H3/t19-/m0/s1. The molecule has 1 fully saturated rings. The second-order valence-electron chi connectivity index (χ2n) is 7.72. The van der Waals surface area contributed by atoms with Crippen molar-refractivity contribution in [3.05, 3.63) is 47.4 Å². The number of nitrogens with zero attached hydrogens (tertiary/aromatic N) is 5. The van der Waals surface area contributed by atoms with Gasteiger partial charge in [0.25, 0.3) is 0 Å². The molecule has 3 heterocycles. The molecular formula is C22H31N5O. The first-order chi connectivity index (χ1) is 13.5. The molecule has 0 radical (unpaired) electrons. The van der Waals surface area contributed by atoms with Gasteiger partial charge in [-0.1, -0.05) is 11.6 Å². The van der Waals surface area contributed by atoms with Crippen molar-refractivity contribution in [2.24, 2.45) is 0 Å². The summed E-state index contributed by atoms with van der Waals surface area (Å²) in [6.45, 7) is 12.0. The minimum Gasteiger partial charge on any atom is -0.396 e. The molecule has 28 heavy (non-hydrogen) atoms. The molecule has 2 aromatic heterocycles. The van der Waals surface area contributed by atoms with E-state index in [1.807, 2.05) is 32.2 Å². The third kappa shape index (κ3) is 4.94. The fourth-order valence-corrected chi connectivity index (χ4v) is 3.65. The van der Waals surface area contributed by atoms with Gasteiger partial charge < -0.3 is 10.0 Å². The molecule has 0 unspecified atom stereocenters. The van der Waals surface area contributed by atoms with Gasteiger partial charge in [-0.2, -0.15) is 0 Å². The maximum atomic E-state index is 9.52. The van der Waals surface area contributed by atoms with E-state index in [0.717, 1.165) is 61.2 Å². The van der Waals surface area contributed by atoms with E-state index in [2.05, 4.69) is 45.8 Å². The fraction of sp³-hybridized carbons (Fsp3) is 0.500. The highest BCUT2D eigenvalue weighted by atomic mass is 16.3. The van der Waals surface area contributed by atoms with Crippen molar-refractivity contribution >= 4 is 5.95 Å². The van der Waals surface area contributed by atoms with Gasteiger partial charge in [-0.3, -0.25) is 9.88 Å². The summed E-state index contributed by atoms with van der Waals surface area (Å²) in [5, 5.41) is 9.52. The average molecular weight is 382 g/mol. The van der Waals surface area contributed by atoms with Crippen LogP contribution in [0.15, 0.2) is 36.0 Å². The number of anilines is 1. The van der Waals surface area contributed by atoms with Crippen LogP contribution in [0.4, 0.5) is 5.95 Å². The molecule has 0 aliphatic carbocycles. The van der Waals surface area contributed by atoms with Gasteiger partial charge in [0, 0.05) is 62.0 Å². The molecule has 150 valence electrons. The number of aryl methyl sites for hydroxylation is 2. The summed E-state index contributed by atoms with van der Waals surface area (Å²) in [6, 6.07) is 6.34. The SMILES string of the molecule is CC(C)=CCN1CCN(c2nccc(-c3ccc(C)nc3C)n2)C[C@@H]1CCO. The molecule has 0 bridgehead atoms. The van der Waals surface area contributed by atoms with Gasteiger partial charge >= 0.3 is 0 Å². The van der Waals surface area contributed by atoms with Gasteiger partial charge in [-0.05, 0) is 52.3 Å². The van der Waals surface area contributed by atoms with Crippen molar-refractivity contribution in [3.63, 3.8) is 0 Å². The van der Waals surface area contributed by atoms with Crippen molar-refractivity contribution in [1.29, 1.82) is 0 Å². The van der Waals surface area contributed by atoms with E-state index in [1.54, 1.807) is 0 Å². The second-order valence-corrected chi connectivity index (χ2v) is 7.72. The van der Waals surface area contributed by atoms with E-state index in [1.165, 1.54) is 5.57 Å². The first-order valence-corrected chi connectivity index (χ1v) is 9.99. The van der Waals surface area contributed by atoms with Gasteiger partial charge in [-0.25, -0.2) is 9.97 Å². The molecule has 0 saturated carbocycles. The topological polar surface area (TPSA) is 65.4 Å². The van der Waals surface area contributed by atoms with Crippen LogP contribution >= 0.6 is 0 Å². The second kappa shape index (κ2) is 9.26. The Balaban J connectivity index is 1.79. The lowest BCUT2D eigenvalue weighted by Crippen LogP contribution is -2.54. The highest BCUT2D eigenvalue weighted by molar-refractivity contribution is 5.62. The number of aromatic nitrogens is 3. The largest absolute Gasteiger partial charge is 0.396 e. The first kappa shape index (κ1) is 20.4. The minimum atomic E-state index is 0.193. The Labute approximate surface area is 168 Å². The fourth-order valence-electron chi connectivity index (χ4n) is 3.65. The Bertz CT molecular complexity index is 831. The zero-order valence-corrected chi connectivity index (χ0v) is 17.4. The smallest absolute Gasteiger partial charge is 0.225 e. The highest BCUT2D eigenvalue weighted by Gasteiger charge is 2.27. The molecule has 0 amide bonds. The van der Waals surface area contributed by atoms with Crippen molar-refractivity contribution in [2.75, 3.05) is 37.7 Å². The predicted molar refractivity (Wildman–Crippen MR) is 113 cm³/mol. The molecule has 1 aliphatic rings. The van der Waals surface area contributed by atoms with Gasteiger partial charge in [-0.15, -0.1) is 0 Å². The predicted octanol–water partition coefficient (Wildman–Crippen LogP) is 2.99. The quantitative estimate of drug-likeness (QED) is 0.776. The van der Waals surface area contributed by atoms with Crippen LogP contribution in [0.3, 0.4) is 0 Å². The van der Waals surface area contributed by atoms with E-state index in [0.29, 0.717) is 6.04 Å². The lowest BCUT2D eigenvalue weighted by Gasteiger charge is -2.41. The van der Waals surface area contributed by atoms with Crippen molar-refractivity contribution in [1.82, 2.24) is 19.9 Å². The molecule has 1 N–H and O–H groups in total. The number of allylic oxidation sites excluding steroid dienone is 1. The summed E-state index contributed by atoms with van der Waals surface area (Å²) in [7, 11) is 0. The Morgan fingerprint density at radius 1 is 1.18 bits per heavy atom. The van der Waals surface area contributed by atoms with Crippen LogP contribution in [0.5, 0.6) is 0 Å². The van der Waals surface area contributed by atoms with E-state index in [-0.39, 0.29) is 6.61 Å². The minimum absolute atomic E-state index is 0.193. The molecule has 1 saturated heterocycles. The summed E-state index contributed by atoms with van der Waals surface area (Å²) in [5.41, 5.74) is 5.26. The van der Waals surface area contributed by atoms with Gasteiger partial charge in [0.05, 0.1) is 5.69 Å². The molecule has 2 aromatic rings. The van der Waals surface area contributed by atoms with E-state index in [9.17, 15) is 5.11 Å². The molecule has 0 spiro atoms. The van der Waals surface area contributed by atoms with Crippen molar-refractivity contribution in [3.8, 4) is 11.3 Å². The molecule has 6 nitrogen and oxygen atoms in total. The average Bonchev–Trinajstić information content (AvgIpc) is 2.67. The zero-order valence-electron chi connectivity index (χ0n) is 17.4. The lowest BCUT2D eigenvalue weighted by atomic mass is 10.1. The summed E-state index contributed by atoms with van der Waals surface area (Å²) < 4.78 is 0. The van der Waals surface area contributed by atoms with Crippen LogP contribution in [-0.4, -0.2) is 63.8 Å². The van der Waals surface area contributed by atoms with E-state index in [4.69, 9.17) is 4.98 Å². The molecular weight excluding hydrogens is 350 g/mol. The van der Waals surface area contributed by atoms with Gasteiger partial charge in [0.2, 0.25) is 5.95 Å². The molecule has 1 atom stereocenters. The Hall–Kier alpha value is -2.31. The maximum absolute atomic E-state index is 9.52. The Kier molecular flexibility index (Phi) is 6.75. The van der Waals surface area contributed by atoms with Crippen LogP contribution < -0.4 is 4.90 Å². The number of pyridine rings is 1. The first-order valence-electron chi connectivity index (χ1n) is 9.99. The number of aliphatic hydroxyl groups excluding tert-OH is 1. The molecule has 6 heteroatoms. The van der Waals surface area contributed by atoms with Crippen LogP contribution in [0.25, 0.3) is 11.3 Å². The number of hydrogen-bond donors (Lipinski definition) is 1. The third-order valence-corrected chi connectivity index (χ3v) is 5.23.